The Kier molecular flexibility index (Phi) is 6.13. The van der Waals surface area contributed by atoms with E-state index in [2.05, 4.69) is 12.0 Å². The topological polar surface area (TPSA) is 97.5 Å². The fourth-order valence-corrected chi connectivity index (χ4v) is 3.64. The molecule has 0 saturated carbocycles. The van der Waals surface area contributed by atoms with Crippen molar-refractivity contribution in [1.82, 2.24) is 9.80 Å². The van der Waals surface area contributed by atoms with Gasteiger partial charge in [0.1, 0.15) is 11.7 Å². The molecule has 3 rings (SSSR count). The highest BCUT2D eigenvalue weighted by Gasteiger charge is 2.38. The van der Waals surface area contributed by atoms with Crippen LogP contribution in [0.1, 0.15) is 23.6 Å². The third-order valence-corrected chi connectivity index (χ3v) is 5.47. The van der Waals surface area contributed by atoms with Gasteiger partial charge in [0, 0.05) is 25.6 Å². The lowest BCUT2D eigenvalue weighted by atomic mass is 9.98. The number of hydrogen-bond donors (Lipinski definition) is 0. The summed E-state index contributed by atoms with van der Waals surface area (Å²) in [5.74, 6) is 0.653. The monoisotopic (exact) mass is 390 g/mol. The van der Waals surface area contributed by atoms with Gasteiger partial charge < -0.3 is 14.4 Å². The zero-order valence-corrected chi connectivity index (χ0v) is 16.5. The molecule has 2 unspecified atom stereocenters. The normalized spacial score (nSPS) is 23.5. The van der Waals surface area contributed by atoms with Gasteiger partial charge in [0.25, 0.3) is 5.96 Å². The van der Waals surface area contributed by atoms with Gasteiger partial charge in [-0.3, -0.25) is 0 Å². The molecule has 0 bridgehead atoms. The van der Waals surface area contributed by atoms with Crippen LogP contribution in [-0.2, 0) is 16.1 Å². The second-order valence-corrected chi connectivity index (χ2v) is 7.44. The van der Waals surface area contributed by atoms with Crippen molar-refractivity contribution in [2.75, 3.05) is 32.8 Å². The Bertz CT molecular complexity index is 761. The smallest absolute Gasteiger partial charge is 0.417 e. The van der Waals surface area contributed by atoms with Crippen LogP contribution < -0.4 is 0 Å². The fourth-order valence-electron chi connectivity index (χ4n) is 3.64. The van der Waals surface area contributed by atoms with Crippen molar-refractivity contribution in [3.63, 3.8) is 0 Å². The van der Waals surface area contributed by atoms with E-state index < -0.39 is 11.1 Å². The Morgan fingerprint density at radius 3 is 2.64 bits per heavy atom. The maximum Gasteiger partial charge on any atom is 0.417 e. The number of rotatable bonds is 5. The van der Waals surface area contributed by atoms with E-state index >= 15 is 0 Å². The number of ether oxygens (including phenoxy) is 2. The van der Waals surface area contributed by atoms with E-state index in [9.17, 15) is 14.9 Å². The lowest BCUT2D eigenvalue weighted by Gasteiger charge is -2.23. The van der Waals surface area contributed by atoms with E-state index in [-0.39, 0.29) is 18.5 Å². The van der Waals surface area contributed by atoms with E-state index in [1.165, 1.54) is 4.90 Å². The fraction of sp³-hybridized carbons (Fsp3) is 0.579. The summed E-state index contributed by atoms with van der Waals surface area (Å²) in [7, 11) is 0. The van der Waals surface area contributed by atoms with Crippen molar-refractivity contribution in [2.24, 2.45) is 16.9 Å². The molecule has 2 aliphatic heterocycles. The Balaban J connectivity index is 1.69. The van der Waals surface area contributed by atoms with E-state index in [0.29, 0.717) is 38.8 Å². The molecule has 2 saturated heterocycles. The SMILES string of the molecule is Cc1cccc(C)c1COC(=O)N1CCN(CC2COCC2C)C1=N[N+](=O)[O-]. The summed E-state index contributed by atoms with van der Waals surface area (Å²) < 4.78 is 10.9. The van der Waals surface area contributed by atoms with Gasteiger partial charge in [0.2, 0.25) is 0 Å². The minimum atomic E-state index is -0.770. The van der Waals surface area contributed by atoms with Gasteiger partial charge in [-0.2, -0.15) is 0 Å². The van der Waals surface area contributed by atoms with Crippen LogP contribution in [0, 0.1) is 35.8 Å². The Labute approximate surface area is 164 Å². The minimum Gasteiger partial charge on any atom is -0.444 e. The van der Waals surface area contributed by atoms with Gasteiger partial charge in [-0.15, -0.1) is 0 Å². The quantitative estimate of drug-likeness (QED) is 0.566. The average molecular weight is 390 g/mol. The summed E-state index contributed by atoms with van der Waals surface area (Å²) in [4.78, 5) is 26.7. The highest BCUT2D eigenvalue weighted by atomic mass is 16.7. The summed E-state index contributed by atoms with van der Waals surface area (Å²) in [6.45, 7) is 8.77. The van der Waals surface area contributed by atoms with Crippen LogP contribution in [-0.4, -0.2) is 59.7 Å². The standard InChI is InChI=1S/C19H26N4O5/c1-13-5-4-6-14(2)17(13)12-28-19(24)22-8-7-21(18(22)20-23(25)26)9-16-11-27-10-15(16)3/h4-6,15-16H,7-12H2,1-3H3. The first-order chi connectivity index (χ1) is 13.4. The number of amides is 1. The molecule has 28 heavy (non-hydrogen) atoms. The maximum atomic E-state index is 12.6. The Morgan fingerprint density at radius 2 is 2.04 bits per heavy atom. The van der Waals surface area contributed by atoms with Crippen molar-refractivity contribution in [3.05, 3.63) is 45.0 Å². The molecule has 0 radical (unpaired) electrons. The molecule has 9 nitrogen and oxygen atoms in total. The van der Waals surface area contributed by atoms with Gasteiger partial charge in [-0.1, -0.05) is 25.1 Å². The van der Waals surface area contributed by atoms with E-state index in [4.69, 9.17) is 9.47 Å². The predicted octanol–water partition coefficient (Wildman–Crippen LogP) is 2.39. The van der Waals surface area contributed by atoms with E-state index in [1.807, 2.05) is 32.0 Å². The molecule has 0 spiro atoms. The van der Waals surface area contributed by atoms with Crippen molar-refractivity contribution in [2.45, 2.75) is 27.4 Å². The number of carbonyl (C=O) groups is 1. The highest BCUT2D eigenvalue weighted by molar-refractivity contribution is 5.95. The molecular formula is C19H26N4O5. The third kappa shape index (κ3) is 4.41. The van der Waals surface area contributed by atoms with Crippen molar-refractivity contribution < 1.29 is 19.3 Å². The number of guanidine groups is 1. The molecule has 1 aromatic carbocycles. The van der Waals surface area contributed by atoms with Gasteiger partial charge in [0.15, 0.2) is 5.03 Å². The highest BCUT2D eigenvalue weighted by Crippen LogP contribution is 2.23. The summed E-state index contributed by atoms with van der Waals surface area (Å²) in [6.07, 6.45) is -0.624. The third-order valence-electron chi connectivity index (χ3n) is 5.47. The second kappa shape index (κ2) is 8.55. The lowest BCUT2D eigenvalue weighted by molar-refractivity contribution is -0.486. The predicted molar refractivity (Wildman–Crippen MR) is 102 cm³/mol. The first kappa shape index (κ1) is 20.1. The van der Waals surface area contributed by atoms with Gasteiger partial charge >= 0.3 is 6.09 Å². The average Bonchev–Trinajstić information content (AvgIpc) is 3.21. The number of benzene rings is 1. The molecule has 9 heteroatoms. The zero-order chi connectivity index (χ0) is 20.3. The number of nitrogens with zero attached hydrogens (tertiary/aromatic N) is 4. The number of hydrazone groups is 1. The van der Waals surface area contributed by atoms with Crippen LogP contribution in [0.3, 0.4) is 0 Å². The first-order valence-electron chi connectivity index (χ1n) is 9.42. The van der Waals surface area contributed by atoms with Crippen LogP contribution in [0.4, 0.5) is 4.79 Å². The van der Waals surface area contributed by atoms with Gasteiger partial charge in [-0.05, 0) is 36.5 Å². The molecule has 1 amide bonds. The molecule has 0 aliphatic carbocycles. The number of aryl methyl sites for hydroxylation is 2. The van der Waals surface area contributed by atoms with Gasteiger partial charge in [-0.25, -0.2) is 19.8 Å². The van der Waals surface area contributed by atoms with Crippen LogP contribution in [0.15, 0.2) is 23.3 Å². The lowest BCUT2D eigenvalue weighted by Crippen LogP contribution is -2.41. The molecule has 2 heterocycles. The summed E-state index contributed by atoms with van der Waals surface area (Å²) in [5.41, 5.74) is 3.01. The van der Waals surface area contributed by atoms with Crippen molar-refractivity contribution in [1.29, 1.82) is 0 Å². The minimum absolute atomic E-state index is 0.0376. The van der Waals surface area contributed by atoms with E-state index in [0.717, 1.165) is 16.7 Å². The van der Waals surface area contributed by atoms with Crippen molar-refractivity contribution in [3.8, 4) is 0 Å². The van der Waals surface area contributed by atoms with E-state index in [1.54, 1.807) is 4.90 Å². The van der Waals surface area contributed by atoms with Crippen molar-refractivity contribution >= 4 is 12.1 Å². The molecule has 2 fully saturated rings. The molecule has 2 aliphatic rings. The second-order valence-electron chi connectivity index (χ2n) is 7.44. The summed E-state index contributed by atoms with van der Waals surface area (Å²) in [5, 5.41) is 13.7. The molecule has 152 valence electrons. The van der Waals surface area contributed by atoms with Crippen LogP contribution >= 0.6 is 0 Å². The zero-order valence-electron chi connectivity index (χ0n) is 16.5. The first-order valence-corrected chi connectivity index (χ1v) is 9.42. The molecule has 2 atom stereocenters. The Morgan fingerprint density at radius 1 is 1.32 bits per heavy atom. The maximum absolute atomic E-state index is 12.6. The molecular weight excluding hydrogens is 364 g/mol. The van der Waals surface area contributed by atoms with Crippen LogP contribution in [0.5, 0.6) is 0 Å². The summed E-state index contributed by atoms with van der Waals surface area (Å²) in [6, 6.07) is 5.86. The largest absolute Gasteiger partial charge is 0.444 e. The Hall–Kier alpha value is -2.68. The van der Waals surface area contributed by atoms with Crippen LogP contribution in [0.2, 0.25) is 0 Å². The van der Waals surface area contributed by atoms with Gasteiger partial charge in [0.05, 0.1) is 13.2 Å². The number of carbonyl (C=O) groups excluding carboxylic acids is 1. The molecule has 0 aromatic heterocycles. The number of nitro groups is 1. The number of hydrogen-bond acceptors (Lipinski definition) is 5. The summed E-state index contributed by atoms with van der Waals surface area (Å²) >= 11 is 0. The molecule has 0 N–H and O–H groups in total. The van der Waals surface area contributed by atoms with Crippen LogP contribution in [0.25, 0.3) is 0 Å². The molecule has 1 aromatic rings.